The summed E-state index contributed by atoms with van der Waals surface area (Å²) in [5.41, 5.74) is 1.21. The molecular weight excluding hydrogens is 347 g/mol. The van der Waals surface area contributed by atoms with Crippen molar-refractivity contribution >= 4 is 11.7 Å². The highest BCUT2D eigenvalue weighted by Gasteiger charge is 2.29. The van der Waals surface area contributed by atoms with Gasteiger partial charge in [-0.2, -0.15) is 0 Å². The van der Waals surface area contributed by atoms with E-state index in [4.69, 9.17) is 8.85 Å². The third-order valence-electron chi connectivity index (χ3n) is 4.80. The Morgan fingerprint density at radius 1 is 1.44 bits per heavy atom. The van der Waals surface area contributed by atoms with Crippen molar-refractivity contribution in [3.8, 4) is 5.75 Å². The maximum atomic E-state index is 14.0. The summed E-state index contributed by atoms with van der Waals surface area (Å²) in [7, 11) is -2.53. The molecule has 1 saturated heterocycles. The number of benzene rings is 1. The lowest BCUT2D eigenvalue weighted by molar-refractivity contribution is 0.168. The van der Waals surface area contributed by atoms with Crippen LogP contribution in [0.3, 0.4) is 0 Å². The third kappa shape index (κ3) is 4.30. The van der Waals surface area contributed by atoms with Crippen molar-refractivity contribution in [1.29, 1.82) is 0 Å². The number of halogens is 1. The highest BCUT2D eigenvalue weighted by Crippen LogP contribution is 2.23. The van der Waals surface area contributed by atoms with Gasteiger partial charge in [-0.3, -0.25) is 4.98 Å². The average molecular weight is 375 g/mol. The van der Waals surface area contributed by atoms with Crippen LogP contribution in [0.4, 0.5) is 14.9 Å². The number of methoxy groups -OCH3 is 1. The molecule has 1 aliphatic rings. The molecule has 0 spiro atoms. The zero-order valence-corrected chi connectivity index (χ0v) is 15.4. The van der Waals surface area contributed by atoms with Crippen LogP contribution in [-0.4, -0.2) is 48.6 Å². The van der Waals surface area contributed by atoms with Gasteiger partial charge in [0, 0.05) is 31.9 Å². The second kappa shape index (κ2) is 8.24. The van der Waals surface area contributed by atoms with Gasteiger partial charge in [0.25, 0.3) is 0 Å². The molecule has 0 unspecified atom stereocenters. The minimum Gasteiger partial charge on any atom is -0.497 e. The molecule has 2 amide bonds. The Bertz CT molecular complexity index is 896. The number of pyridine rings is 1. The minimum absolute atomic E-state index is 0.122. The highest BCUT2D eigenvalue weighted by atomic mass is 19.1. The Morgan fingerprint density at radius 3 is 3.04 bits per heavy atom. The maximum absolute atomic E-state index is 14.0. The molecule has 3 rings (SSSR count). The van der Waals surface area contributed by atoms with Crippen molar-refractivity contribution < 1.29 is 18.0 Å². The predicted molar refractivity (Wildman–Crippen MR) is 103 cm³/mol. The number of nitrogens with zero attached hydrogens (tertiary/aromatic N) is 3. The Labute approximate surface area is 163 Å². The van der Waals surface area contributed by atoms with Crippen LogP contribution in [0.5, 0.6) is 5.75 Å². The zero-order chi connectivity index (χ0) is 21.9. The van der Waals surface area contributed by atoms with Crippen LogP contribution < -0.4 is 15.0 Å². The number of ether oxygens (including phenoxy) is 1. The number of carbonyl (C=O) groups excluding carboxylic acids is 1. The molecule has 0 aliphatic carbocycles. The van der Waals surface area contributed by atoms with E-state index in [9.17, 15) is 9.18 Å². The summed E-state index contributed by atoms with van der Waals surface area (Å²) in [4.78, 5) is 20.2. The summed E-state index contributed by atoms with van der Waals surface area (Å²) < 4.78 is 40.6. The van der Waals surface area contributed by atoms with Crippen molar-refractivity contribution in [3.63, 3.8) is 0 Å². The molecule has 2 aromatic rings. The molecule has 1 aromatic heterocycles. The normalized spacial score (nSPS) is 20.3. The molecule has 144 valence electrons. The minimum atomic E-state index is -2.53. The topological polar surface area (TPSA) is 57.7 Å². The number of carbonyl (C=O) groups is 1. The summed E-state index contributed by atoms with van der Waals surface area (Å²) in [6, 6.07) is 7.58. The van der Waals surface area contributed by atoms with Gasteiger partial charge in [0.1, 0.15) is 5.75 Å². The first-order valence-electron chi connectivity index (χ1n) is 10.3. The Hall–Kier alpha value is -2.83. The number of hydrogen-bond donors (Lipinski definition) is 1. The third-order valence-corrected chi connectivity index (χ3v) is 4.80. The number of hydrogen-bond acceptors (Lipinski definition) is 4. The van der Waals surface area contributed by atoms with Crippen molar-refractivity contribution in [1.82, 2.24) is 15.2 Å². The predicted octanol–water partition coefficient (Wildman–Crippen LogP) is 3.21. The number of nitrogens with one attached hydrogen (secondary N) is 1. The number of anilines is 1. The molecule has 1 aliphatic heterocycles. The Kier molecular flexibility index (Phi) is 4.66. The molecule has 1 N–H and O–H groups in total. The number of rotatable bonds is 4. The molecular formula is C20H25FN4O2. The molecule has 6 nitrogen and oxygen atoms in total. The molecule has 2 atom stereocenters. The first kappa shape index (κ1) is 15.2. The lowest BCUT2D eigenvalue weighted by Gasteiger charge is -2.41. The molecule has 0 radical (unpaired) electrons. The van der Waals surface area contributed by atoms with Crippen molar-refractivity contribution in [2.45, 2.75) is 25.9 Å². The molecule has 27 heavy (non-hydrogen) atoms. The number of urea groups is 1. The van der Waals surface area contributed by atoms with E-state index in [0.29, 0.717) is 25.3 Å². The van der Waals surface area contributed by atoms with Gasteiger partial charge in [0.05, 0.1) is 29.1 Å². The Balaban J connectivity index is 1.61. The second-order valence-electron chi connectivity index (χ2n) is 6.66. The van der Waals surface area contributed by atoms with Gasteiger partial charge in [-0.25, -0.2) is 9.18 Å². The fourth-order valence-corrected chi connectivity index (χ4v) is 3.30. The molecule has 0 saturated carbocycles. The van der Waals surface area contributed by atoms with E-state index in [1.54, 1.807) is 41.4 Å². The molecule has 0 bridgehead atoms. The summed E-state index contributed by atoms with van der Waals surface area (Å²) >= 11 is 0. The van der Waals surface area contributed by atoms with E-state index >= 15 is 0 Å². The lowest BCUT2D eigenvalue weighted by atomic mass is 10.1. The number of piperazine rings is 1. The van der Waals surface area contributed by atoms with E-state index < -0.39 is 7.04 Å². The smallest absolute Gasteiger partial charge is 0.318 e. The first-order chi connectivity index (χ1) is 14.1. The van der Waals surface area contributed by atoms with Crippen LogP contribution in [-0.2, 0) is 0 Å². The monoisotopic (exact) mass is 375 g/mol. The standard InChI is InChI=1S/C20H25FN4O2/c1-14-13-24(19-7-8-22-12-18(19)21)9-10-25(14)20(26)23-15(2)16-5-4-6-17(11-16)27-3/h4-8,11-12,14-15H,9-10,13H2,1-3H3,(H,23,26)/t14-,15-/m1/s1/i3D3. The van der Waals surface area contributed by atoms with Gasteiger partial charge in [-0.1, -0.05) is 12.1 Å². The van der Waals surface area contributed by atoms with Crippen molar-refractivity contribution in [2.24, 2.45) is 0 Å². The van der Waals surface area contributed by atoms with Gasteiger partial charge in [-0.05, 0) is 37.6 Å². The van der Waals surface area contributed by atoms with Crippen LogP contribution in [0.2, 0.25) is 0 Å². The van der Waals surface area contributed by atoms with E-state index in [-0.39, 0.29) is 29.7 Å². The van der Waals surface area contributed by atoms with E-state index in [1.165, 1.54) is 6.20 Å². The quantitative estimate of drug-likeness (QED) is 0.892. The van der Waals surface area contributed by atoms with E-state index in [0.717, 1.165) is 5.56 Å². The largest absolute Gasteiger partial charge is 0.497 e. The lowest BCUT2D eigenvalue weighted by Crippen LogP contribution is -2.57. The van der Waals surface area contributed by atoms with Crippen LogP contribution in [0.25, 0.3) is 0 Å². The first-order valence-corrected chi connectivity index (χ1v) is 8.84. The molecule has 2 heterocycles. The highest BCUT2D eigenvalue weighted by molar-refractivity contribution is 5.75. The molecule has 7 heteroatoms. The molecule has 1 aromatic carbocycles. The average Bonchev–Trinajstić information content (AvgIpc) is 2.67. The van der Waals surface area contributed by atoms with Crippen LogP contribution >= 0.6 is 0 Å². The summed E-state index contributed by atoms with van der Waals surface area (Å²) in [5.74, 6) is -0.162. The maximum Gasteiger partial charge on any atom is 0.318 e. The molecule has 1 fully saturated rings. The summed E-state index contributed by atoms with van der Waals surface area (Å²) in [5, 5.41) is 2.94. The Morgan fingerprint density at radius 2 is 2.30 bits per heavy atom. The van der Waals surface area contributed by atoms with Crippen LogP contribution in [0.15, 0.2) is 42.7 Å². The van der Waals surface area contributed by atoms with Gasteiger partial charge in [-0.15, -0.1) is 0 Å². The van der Waals surface area contributed by atoms with Crippen molar-refractivity contribution in [2.75, 3.05) is 31.6 Å². The van der Waals surface area contributed by atoms with Gasteiger partial charge < -0.3 is 19.9 Å². The SMILES string of the molecule is [2H]C([2H])([2H])Oc1cccc([C@@H](C)NC(=O)N2CCN(c3ccncc3F)C[C@H]2C)c1. The van der Waals surface area contributed by atoms with Crippen LogP contribution in [0, 0.1) is 5.82 Å². The summed E-state index contributed by atoms with van der Waals surface area (Å²) in [6.07, 6.45) is 2.73. The number of amides is 2. The summed E-state index contributed by atoms with van der Waals surface area (Å²) in [6.45, 7) is 5.20. The van der Waals surface area contributed by atoms with Gasteiger partial charge in [0.2, 0.25) is 0 Å². The van der Waals surface area contributed by atoms with E-state index in [2.05, 4.69) is 10.3 Å². The number of aromatic nitrogens is 1. The fraction of sp³-hybridized carbons (Fsp3) is 0.400. The fourth-order valence-electron chi connectivity index (χ4n) is 3.30. The van der Waals surface area contributed by atoms with E-state index in [1.807, 2.05) is 18.7 Å². The second-order valence-corrected chi connectivity index (χ2v) is 6.66. The zero-order valence-electron chi connectivity index (χ0n) is 18.4. The van der Waals surface area contributed by atoms with Crippen molar-refractivity contribution in [3.05, 3.63) is 54.1 Å². The van der Waals surface area contributed by atoms with Gasteiger partial charge in [0.15, 0.2) is 5.82 Å². The van der Waals surface area contributed by atoms with Gasteiger partial charge >= 0.3 is 6.03 Å². The van der Waals surface area contributed by atoms with Crippen LogP contribution in [0.1, 0.15) is 29.6 Å².